The number of hydrogen-bond acceptors (Lipinski definition) is 6. The van der Waals surface area contributed by atoms with Crippen molar-refractivity contribution in [1.29, 1.82) is 0 Å². The van der Waals surface area contributed by atoms with E-state index >= 15 is 0 Å². The van der Waals surface area contributed by atoms with Crippen LogP contribution in [0.5, 0.6) is 0 Å². The van der Waals surface area contributed by atoms with E-state index in [4.69, 9.17) is 18.9 Å². The molecule has 1 aromatic heterocycles. The van der Waals surface area contributed by atoms with Crippen molar-refractivity contribution in [2.24, 2.45) is 22.7 Å². The monoisotopic (exact) mass is 522 g/mol. The second-order valence-corrected chi connectivity index (χ2v) is 13.5. The van der Waals surface area contributed by atoms with Gasteiger partial charge in [-0.05, 0) is 90.4 Å². The lowest BCUT2D eigenvalue weighted by molar-refractivity contribution is -0.313. The van der Waals surface area contributed by atoms with E-state index in [1.54, 1.807) is 11.3 Å². The molecule has 4 heterocycles. The molecule has 2 aliphatic carbocycles. The SMILES string of the molecule is CC12CCC3C4(C)COC(c5ccc(Br)s5)OC4CCC3(C)C1CC(C1=CCOC1=O)O2. The standard InChI is InChI=1S/C25H31BrO5S/c1-23-9-7-19-24(2,13-29-22(30-19)16-4-5-20(26)32-16)17(23)6-10-25(3)18(23)12-15(31-25)14-8-11-28-21(14)27/h4-5,8,15,17-19,22H,6-7,9-13H2,1-3H3. The van der Waals surface area contributed by atoms with E-state index in [0.717, 1.165) is 52.9 Å². The first-order valence-corrected chi connectivity index (χ1v) is 13.4. The van der Waals surface area contributed by atoms with Crippen LogP contribution >= 0.6 is 27.3 Å². The molecule has 1 aromatic rings. The molecule has 8 unspecified atom stereocenters. The molecule has 8 atom stereocenters. The zero-order valence-corrected chi connectivity index (χ0v) is 21.3. The molecule has 32 heavy (non-hydrogen) atoms. The number of ether oxygens (including phenoxy) is 4. The minimum absolute atomic E-state index is 0.0109. The number of fused-ring (bicyclic) bond motifs is 5. The summed E-state index contributed by atoms with van der Waals surface area (Å²) in [5.41, 5.74) is 0.671. The normalized spacial score (nSPS) is 47.9. The van der Waals surface area contributed by atoms with E-state index in [-0.39, 0.29) is 40.9 Å². The Morgan fingerprint density at radius 1 is 1.09 bits per heavy atom. The summed E-state index contributed by atoms with van der Waals surface area (Å²) >= 11 is 5.24. The van der Waals surface area contributed by atoms with Crippen molar-refractivity contribution in [2.45, 2.75) is 77.0 Å². The molecule has 3 aliphatic heterocycles. The summed E-state index contributed by atoms with van der Waals surface area (Å²) in [6.07, 6.45) is 6.90. The minimum atomic E-state index is -0.262. The molecule has 4 fully saturated rings. The third-order valence-electron chi connectivity index (χ3n) is 9.36. The number of esters is 1. The van der Waals surface area contributed by atoms with E-state index < -0.39 is 0 Å². The molecule has 174 valence electrons. The average Bonchev–Trinajstić information content (AvgIpc) is 3.46. The van der Waals surface area contributed by atoms with Gasteiger partial charge in [-0.15, -0.1) is 11.3 Å². The second-order valence-electron chi connectivity index (χ2n) is 11.0. The number of thiophene rings is 1. The van der Waals surface area contributed by atoms with E-state index in [0.29, 0.717) is 18.4 Å². The fraction of sp³-hybridized carbons (Fsp3) is 0.720. The summed E-state index contributed by atoms with van der Waals surface area (Å²) in [6, 6.07) is 4.16. The van der Waals surface area contributed by atoms with Gasteiger partial charge in [-0.1, -0.05) is 13.8 Å². The van der Waals surface area contributed by atoms with Gasteiger partial charge in [0.15, 0.2) is 6.29 Å². The van der Waals surface area contributed by atoms with Crippen LogP contribution in [0.2, 0.25) is 0 Å². The highest BCUT2D eigenvalue weighted by molar-refractivity contribution is 9.11. The molecule has 0 amide bonds. The van der Waals surface area contributed by atoms with Crippen LogP contribution in [0.1, 0.15) is 64.0 Å². The molecule has 0 aromatic carbocycles. The van der Waals surface area contributed by atoms with Crippen LogP contribution in [0.25, 0.3) is 0 Å². The number of halogens is 1. The van der Waals surface area contributed by atoms with Crippen molar-refractivity contribution in [2.75, 3.05) is 13.2 Å². The largest absolute Gasteiger partial charge is 0.458 e. The lowest BCUT2D eigenvalue weighted by Gasteiger charge is -2.64. The molecule has 6 rings (SSSR count). The highest BCUT2D eigenvalue weighted by Crippen LogP contribution is 2.67. The van der Waals surface area contributed by atoms with Crippen molar-refractivity contribution >= 4 is 33.2 Å². The second kappa shape index (κ2) is 7.38. The van der Waals surface area contributed by atoms with E-state index in [1.807, 2.05) is 6.08 Å². The zero-order valence-electron chi connectivity index (χ0n) is 18.9. The maximum Gasteiger partial charge on any atom is 0.336 e. The predicted molar refractivity (Wildman–Crippen MR) is 124 cm³/mol. The van der Waals surface area contributed by atoms with Gasteiger partial charge in [-0.2, -0.15) is 0 Å². The Balaban J connectivity index is 1.26. The Bertz CT molecular complexity index is 975. The summed E-state index contributed by atoms with van der Waals surface area (Å²) < 4.78 is 25.9. The summed E-state index contributed by atoms with van der Waals surface area (Å²) in [5.74, 6) is 0.724. The van der Waals surface area contributed by atoms with Gasteiger partial charge in [0.2, 0.25) is 0 Å². The van der Waals surface area contributed by atoms with Crippen molar-refractivity contribution in [3.63, 3.8) is 0 Å². The Kier molecular flexibility index (Phi) is 5.02. The van der Waals surface area contributed by atoms with Crippen LogP contribution in [0.3, 0.4) is 0 Å². The molecule has 0 N–H and O–H groups in total. The highest BCUT2D eigenvalue weighted by Gasteiger charge is 2.66. The van der Waals surface area contributed by atoms with Crippen molar-refractivity contribution in [1.82, 2.24) is 0 Å². The number of hydrogen-bond donors (Lipinski definition) is 0. The average molecular weight is 523 g/mol. The van der Waals surface area contributed by atoms with Crippen molar-refractivity contribution < 1.29 is 23.7 Å². The number of carbonyl (C=O) groups excluding carboxylic acids is 1. The lowest BCUT2D eigenvalue weighted by Crippen LogP contribution is -2.63. The van der Waals surface area contributed by atoms with E-state index in [2.05, 4.69) is 48.8 Å². The summed E-state index contributed by atoms with van der Waals surface area (Å²) in [5, 5.41) is 0. The van der Waals surface area contributed by atoms with Gasteiger partial charge < -0.3 is 18.9 Å². The molecule has 0 radical (unpaired) electrons. The van der Waals surface area contributed by atoms with Gasteiger partial charge in [0.1, 0.15) is 6.61 Å². The first-order chi connectivity index (χ1) is 15.2. The van der Waals surface area contributed by atoms with Crippen molar-refractivity contribution in [3.05, 3.63) is 32.4 Å². The number of carbonyl (C=O) groups is 1. The highest BCUT2D eigenvalue weighted by atomic mass is 79.9. The molecule has 7 heteroatoms. The maximum atomic E-state index is 12.2. The topological polar surface area (TPSA) is 54.0 Å². The third kappa shape index (κ3) is 3.07. The predicted octanol–water partition coefficient (Wildman–Crippen LogP) is 5.79. The van der Waals surface area contributed by atoms with Crippen LogP contribution in [-0.2, 0) is 23.7 Å². The van der Waals surface area contributed by atoms with Gasteiger partial charge in [0.05, 0.1) is 38.7 Å². The Morgan fingerprint density at radius 3 is 2.66 bits per heavy atom. The van der Waals surface area contributed by atoms with Crippen LogP contribution in [0, 0.1) is 22.7 Å². The molecular formula is C25H31BrO5S. The molecule has 0 spiro atoms. The number of rotatable bonds is 2. The van der Waals surface area contributed by atoms with Gasteiger partial charge in [0.25, 0.3) is 0 Å². The van der Waals surface area contributed by atoms with Crippen LogP contribution in [-0.4, -0.2) is 37.0 Å². The Morgan fingerprint density at radius 2 is 1.94 bits per heavy atom. The molecule has 2 saturated carbocycles. The molecular weight excluding hydrogens is 492 g/mol. The molecule has 5 nitrogen and oxygen atoms in total. The van der Waals surface area contributed by atoms with Crippen LogP contribution in [0.4, 0.5) is 0 Å². The lowest BCUT2D eigenvalue weighted by atomic mass is 9.44. The molecule has 0 bridgehead atoms. The Labute approximate surface area is 202 Å². The van der Waals surface area contributed by atoms with Gasteiger partial charge in [-0.3, -0.25) is 0 Å². The maximum absolute atomic E-state index is 12.2. The molecule has 2 saturated heterocycles. The fourth-order valence-corrected chi connectivity index (χ4v) is 9.25. The summed E-state index contributed by atoms with van der Waals surface area (Å²) in [6.45, 7) is 8.23. The minimum Gasteiger partial charge on any atom is -0.458 e. The van der Waals surface area contributed by atoms with Crippen LogP contribution < -0.4 is 0 Å². The summed E-state index contributed by atoms with van der Waals surface area (Å²) in [4.78, 5) is 13.3. The first kappa shape index (κ1) is 21.8. The van der Waals surface area contributed by atoms with Crippen molar-refractivity contribution in [3.8, 4) is 0 Å². The number of cyclic esters (lactones) is 1. The van der Waals surface area contributed by atoms with Crippen LogP contribution in [0.15, 0.2) is 27.6 Å². The van der Waals surface area contributed by atoms with Gasteiger partial charge >= 0.3 is 5.97 Å². The van der Waals surface area contributed by atoms with E-state index in [1.165, 1.54) is 0 Å². The zero-order chi connectivity index (χ0) is 22.3. The van der Waals surface area contributed by atoms with Gasteiger partial charge in [0, 0.05) is 5.41 Å². The first-order valence-electron chi connectivity index (χ1n) is 11.8. The van der Waals surface area contributed by atoms with Gasteiger partial charge in [-0.25, -0.2) is 4.79 Å². The van der Waals surface area contributed by atoms with E-state index in [9.17, 15) is 4.79 Å². The third-order valence-corrected chi connectivity index (χ3v) is 11.0. The smallest absolute Gasteiger partial charge is 0.336 e. The summed E-state index contributed by atoms with van der Waals surface area (Å²) in [7, 11) is 0. The quantitative estimate of drug-likeness (QED) is 0.460. The Hall–Kier alpha value is -0.730. The fourth-order valence-electron chi connectivity index (χ4n) is 7.84. The molecule has 5 aliphatic rings.